The van der Waals surface area contributed by atoms with Crippen LogP contribution in [0.1, 0.15) is 12.5 Å². The maximum Gasteiger partial charge on any atom is 0.387 e. The van der Waals surface area contributed by atoms with E-state index >= 15 is 0 Å². The van der Waals surface area contributed by atoms with Gasteiger partial charge in [0.05, 0.1) is 5.71 Å². The second-order valence-corrected chi connectivity index (χ2v) is 4.29. The van der Waals surface area contributed by atoms with E-state index < -0.39 is 6.61 Å². The fourth-order valence-electron chi connectivity index (χ4n) is 1.74. The van der Waals surface area contributed by atoms with E-state index in [2.05, 4.69) is 15.2 Å². The Labute approximate surface area is 120 Å². The van der Waals surface area contributed by atoms with Crippen LogP contribution in [0.15, 0.2) is 53.7 Å². The Bertz CT molecular complexity index is 611. The second kappa shape index (κ2) is 6.69. The number of benzene rings is 2. The molecule has 110 valence electrons. The van der Waals surface area contributed by atoms with Gasteiger partial charge in [-0.1, -0.05) is 17.3 Å². The summed E-state index contributed by atoms with van der Waals surface area (Å²) < 4.78 is 28.3. The van der Waals surface area contributed by atoms with Gasteiger partial charge in [0, 0.05) is 11.4 Å². The van der Waals surface area contributed by atoms with Crippen LogP contribution in [0.2, 0.25) is 0 Å². The van der Waals surface area contributed by atoms with Crippen molar-refractivity contribution >= 4 is 17.1 Å². The lowest BCUT2D eigenvalue weighted by Gasteiger charge is -2.09. The lowest BCUT2D eigenvalue weighted by molar-refractivity contribution is -0.0498. The van der Waals surface area contributed by atoms with Crippen LogP contribution in [0, 0.1) is 0 Å². The number of oxime groups is 1. The van der Waals surface area contributed by atoms with Gasteiger partial charge < -0.3 is 15.3 Å². The van der Waals surface area contributed by atoms with Crippen LogP contribution in [-0.2, 0) is 0 Å². The fourth-order valence-corrected chi connectivity index (χ4v) is 1.74. The Balaban J connectivity index is 2.04. The average molecular weight is 292 g/mol. The van der Waals surface area contributed by atoms with Gasteiger partial charge >= 0.3 is 6.61 Å². The van der Waals surface area contributed by atoms with Crippen LogP contribution in [0.3, 0.4) is 0 Å². The molecule has 0 aromatic heterocycles. The highest BCUT2D eigenvalue weighted by Crippen LogP contribution is 2.21. The number of ether oxygens (including phenoxy) is 1. The molecule has 0 spiro atoms. The number of anilines is 2. The van der Waals surface area contributed by atoms with E-state index in [1.807, 2.05) is 24.3 Å². The molecule has 4 nitrogen and oxygen atoms in total. The molecule has 0 atom stereocenters. The van der Waals surface area contributed by atoms with Gasteiger partial charge in [0.25, 0.3) is 0 Å². The van der Waals surface area contributed by atoms with Gasteiger partial charge in [-0.3, -0.25) is 0 Å². The summed E-state index contributed by atoms with van der Waals surface area (Å²) >= 11 is 0. The lowest BCUT2D eigenvalue weighted by Crippen LogP contribution is -2.01. The normalized spacial score (nSPS) is 11.5. The minimum atomic E-state index is -2.83. The molecule has 0 saturated heterocycles. The average Bonchev–Trinajstić information content (AvgIpc) is 2.49. The summed E-state index contributed by atoms with van der Waals surface area (Å²) in [5.74, 6) is 0.112. The van der Waals surface area contributed by atoms with Crippen molar-refractivity contribution in [3.8, 4) is 5.75 Å². The molecule has 0 heterocycles. The van der Waals surface area contributed by atoms with Crippen molar-refractivity contribution < 1.29 is 18.7 Å². The summed E-state index contributed by atoms with van der Waals surface area (Å²) in [5, 5.41) is 14.9. The highest BCUT2D eigenvalue weighted by Gasteiger charge is 2.04. The summed E-state index contributed by atoms with van der Waals surface area (Å²) in [5.41, 5.74) is 2.91. The second-order valence-electron chi connectivity index (χ2n) is 4.29. The molecular weight excluding hydrogens is 278 g/mol. The van der Waals surface area contributed by atoms with E-state index in [1.54, 1.807) is 19.1 Å². The molecular formula is C15H14F2N2O2. The van der Waals surface area contributed by atoms with E-state index in [-0.39, 0.29) is 5.75 Å². The van der Waals surface area contributed by atoms with Crippen LogP contribution >= 0.6 is 0 Å². The maximum absolute atomic E-state index is 12.0. The van der Waals surface area contributed by atoms with Crippen LogP contribution in [0.25, 0.3) is 0 Å². The van der Waals surface area contributed by atoms with E-state index in [9.17, 15) is 8.78 Å². The first-order valence-corrected chi connectivity index (χ1v) is 6.19. The Morgan fingerprint density at radius 3 is 2.05 bits per heavy atom. The lowest BCUT2D eigenvalue weighted by atomic mass is 10.1. The molecule has 0 aliphatic carbocycles. The van der Waals surface area contributed by atoms with Crippen molar-refractivity contribution in [3.05, 3.63) is 54.1 Å². The zero-order chi connectivity index (χ0) is 15.2. The third kappa shape index (κ3) is 4.17. The molecule has 0 saturated carbocycles. The van der Waals surface area contributed by atoms with Gasteiger partial charge in [-0.05, 0) is 48.9 Å². The van der Waals surface area contributed by atoms with Crippen molar-refractivity contribution in [2.45, 2.75) is 13.5 Å². The van der Waals surface area contributed by atoms with E-state index in [1.165, 1.54) is 12.1 Å². The maximum atomic E-state index is 12.0. The number of alkyl halides is 2. The summed E-state index contributed by atoms with van der Waals surface area (Å²) in [4.78, 5) is 0. The minimum absolute atomic E-state index is 0.112. The molecule has 0 bridgehead atoms. The monoisotopic (exact) mass is 292 g/mol. The summed E-state index contributed by atoms with van der Waals surface area (Å²) in [7, 11) is 0. The van der Waals surface area contributed by atoms with Crippen molar-refractivity contribution in [2.75, 3.05) is 5.32 Å². The molecule has 21 heavy (non-hydrogen) atoms. The standard InChI is InChI=1S/C15H14F2N2O2/c1-10(19-20)11-2-4-12(5-3-11)18-13-6-8-14(9-7-13)21-15(16)17/h2-9,15,18,20H,1H3. The Morgan fingerprint density at radius 1 is 1.05 bits per heavy atom. The molecule has 0 aliphatic heterocycles. The number of nitrogens with one attached hydrogen (secondary N) is 1. The smallest absolute Gasteiger partial charge is 0.387 e. The van der Waals surface area contributed by atoms with Gasteiger partial charge in [0.15, 0.2) is 0 Å². The molecule has 0 aliphatic rings. The molecule has 0 fully saturated rings. The largest absolute Gasteiger partial charge is 0.435 e. The predicted octanol–water partition coefficient (Wildman–Crippen LogP) is 4.23. The third-order valence-corrected chi connectivity index (χ3v) is 2.82. The number of nitrogens with zero attached hydrogens (tertiary/aromatic N) is 1. The molecule has 2 aromatic rings. The quantitative estimate of drug-likeness (QED) is 0.492. The zero-order valence-electron chi connectivity index (χ0n) is 11.3. The first-order valence-electron chi connectivity index (χ1n) is 6.19. The van der Waals surface area contributed by atoms with Crippen LogP contribution in [-0.4, -0.2) is 17.5 Å². The van der Waals surface area contributed by atoms with Crippen molar-refractivity contribution in [1.82, 2.24) is 0 Å². The van der Waals surface area contributed by atoms with Crippen LogP contribution in [0.4, 0.5) is 20.2 Å². The molecule has 0 amide bonds. The minimum Gasteiger partial charge on any atom is -0.435 e. The highest BCUT2D eigenvalue weighted by molar-refractivity contribution is 5.98. The predicted molar refractivity (Wildman–Crippen MR) is 76.8 cm³/mol. The van der Waals surface area contributed by atoms with Crippen molar-refractivity contribution in [1.29, 1.82) is 0 Å². The third-order valence-electron chi connectivity index (χ3n) is 2.82. The van der Waals surface area contributed by atoms with Crippen molar-refractivity contribution in [2.24, 2.45) is 5.16 Å². The Hall–Kier alpha value is -2.63. The van der Waals surface area contributed by atoms with Gasteiger partial charge in [-0.25, -0.2) is 0 Å². The highest BCUT2D eigenvalue weighted by atomic mass is 19.3. The van der Waals surface area contributed by atoms with E-state index in [0.29, 0.717) is 5.71 Å². The number of hydrogen-bond acceptors (Lipinski definition) is 4. The van der Waals surface area contributed by atoms with Crippen LogP contribution < -0.4 is 10.1 Å². The van der Waals surface area contributed by atoms with Gasteiger partial charge in [-0.15, -0.1) is 0 Å². The topological polar surface area (TPSA) is 53.9 Å². The van der Waals surface area contributed by atoms with Crippen molar-refractivity contribution in [3.63, 3.8) is 0 Å². The van der Waals surface area contributed by atoms with Crippen LogP contribution in [0.5, 0.6) is 5.75 Å². The first kappa shape index (κ1) is 14.8. The van der Waals surface area contributed by atoms with Gasteiger partial charge in [0.2, 0.25) is 0 Å². The number of halogens is 2. The molecule has 2 rings (SSSR count). The molecule has 0 unspecified atom stereocenters. The number of rotatable bonds is 5. The summed E-state index contributed by atoms with van der Waals surface area (Å²) in [6.45, 7) is -1.13. The van der Waals surface area contributed by atoms with Gasteiger partial charge in [-0.2, -0.15) is 8.78 Å². The zero-order valence-corrected chi connectivity index (χ0v) is 11.3. The summed E-state index contributed by atoms with van der Waals surface area (Å²) in [6, 6.07) is 13.5. The van der Waals surface area contributed by atoms with E-state index in [0.717, 1.165) is 16.9 Å². The number of hydrogen-bond donors (Lipinski definition) is 2. The molecule has 6 heteroatoms. The Morgan fingerprint density at radius 2 is 1.57 bits per heavy atom. The Kier molecular flexibility index (Phi) is 4.71. The molecule has 0 radical (unpaired) electrons. The first-order chi connectivity index (χ1) is 10.1. The fraction of sp³-hybridized carbons (Fsp3) is 0.133. The SMILES string of the molecule is CC(=NO)c1ccc(Nc2ccc(OC(F)F)cc2)cc1. The van der Waals surface area contributed by atoms with Gasteiger partial charge in [0.1, 0.15) is 5.75 Å². The van der Waals surface area contributed by atoms with E-state index in [4.69, 9.17) is 5.21 Å². The molecule has 2 N–H and O–H groups in total. The summed E-state index contributed by atoms with van der Waals surface area (Å²) in [6.07, 6.45) is 0. The molecule has 2 aromatic carbocycles.